The number of carbonyl (C=O) groups excluding carboxylic acids is 2. The number of alkyl halides is 3. The summed E-state index contributed by atoms with van der Waals surface area (Å²) in [4.78, 5) is 27.3. The molecule has 2 amide bonds. The normalized spacial score (nSPS) is 21.4. The number of carbonyl (C=O) groups is 2. The lowest BCUT2D eigenvalue weighted by Gasteiger charge is -2.42. The molecule has 0 radical (unpaired) electrons. The molecule has 40 heavy (non-hydrogen) atoms. The van der Waals surface area contributed by atoms with E-state index in [-0.39, 0.29) is 42.5 Å². The van der Waals surface area contributed by atoms with Gasteiger partial charge in [0.1, 0.15) is 18.5 Å². The maximum absolute atomic E-state index is 13.3. The zero-order valence-corrected chi connectivity index (χ0v) is 23.5. The highest BCUT2D eigenvalue weighted by Gasteiger charge is 2.40. The number of likely N-dealkylation sites (N-methyl/N-ethyl adjacent to an activating group) is 1. The third-order valence-corrected chi connectivity index (χ3v) is 8.52. The Kier molecular flexibility index (Phi) is 9.08. The molecule has 2 N–H and O–H groups in total. The molecule has 0 aromatic heterocycles. The molecule has 0 aliphatic carbocycles. The van der Waals surface area contributed by atoms with E-state index in [1.807, 2.05) is 4.72 Å². The van der Waals surface area contributed by atoms with Crippen molar-refractivity contribution in [1.82, 2.24) is 10.2 Å². The Morgan fingerprint density at radius 2 is 1.88 bits per heavy atom. The number of hydrogen-bond donors (Lipinski definition) is 2. The molecule has 2 aliphatic rings. The molecular formula is C25H26Cl2F3N3O6S. The Balaban J connectivity index is 1.39. The number of fused-ring (bicyclic) bond motifs is 2. The largest absolute Gasteiger partial charge is 0.490 e. The zero-order valence-electron chi connectivity index (χ0n) is 21.1. The summed E-state index contributed by atoms with van der Waals surface area (Å²) in [7, 11) is -3.17. The van der Waals surface area contributed by atoms with Gasteiger partial charge in [-0.05, 0) is 48.7 Å². The Labute approximate surface area is 238 Å². The number of rotatable bonds is 7. The van der Waals surface area contributed by atoms with E-state index in [2.05, 4.69) is 5.32 Å². The number of halogens is 5. The van der Waals surface area contributed by atoms with Crippen molar-refractivity contribution in [3.05, 3.63) is 57.6 Å². The van der Waals surface area contributed by atoms with Gasteiger partial charge in [-0.2, -0.15) is 13.2 Å². The summed E-state index contributed by atoms with van der Waals surface area (Å²) in [5.74, 6) is -2.67. The summed E-state index contributed by atoms with van der Waals surface area (Å²) in [6.45, 7) is 0.301. The SMILES string of the molecule is CN1C(=O)c2cc(NS(=O)(=O)CC(F)(F)F)ccc2OC[C@H]2O[C@@H](CC(=O)NCc3ccc(Cl)c(Cl)c3)CC[C@@H]21. The minimum atomic E-state index is -4.92. The fourth-order valence-corrected chi connectivity index (χ4v) is 5.96. The predicted octanol–water partition coefficient (Wildman–Crippen LogP) is 4.38. The molecule has 3 atom stereocenters. The fourth-order valence-electron chi connectivity index (χ4n) is 4.65. The van der Waals surface area contributed by atoms with E-state index in [0.29, 0.717) is 22.9 Å². The molecule has 2 aromatic rings. The van der Waals surface area contributed by atoms with Crippen LogP contribution in [-0.4, -0.2) is 69.0 Å². The molecule has 0 spiro atoms. The van der Waals surface area contributed by atoms with Crippen LogP contribution in [0.25, 0.3) is 0 Å². The van der Waals surface area contributed by atoms with Crippen molar-refractivity contribution in [2.45, 2.75) is 50.2 Å². The summed E-state index contributed by atoms with van der Waals surface area (Å²) in [5.41, 5.74) is 0.588. The Hall–Kier alpha value is -2.74. The van der Waals surface area contributed by atoms with Gasteiger partial charge in [0.05, 0.1) is 34.2 Å². The van der Waals surface area contributed by atoms with Crippen LogP contribution >= 0.6 is 23.2 Å². The molecular weight excluding hydrogens is 598 g/mol. The first-order chi connectivity index (χ1) is 18.7. The van der Waals surface area contributed by atoms with Crippen molar-refractivity contribution in [3.8, 4) is 5.75 Å². The van der Waals surface area contributed by atoms with Gasteiger partial charge in [0, 0.05) is 19.3 Å². The van der Waals surface area contributed by atoms with Gasteiger partial charge >= 0.3 is 6.18 Å². The number of anilines is 1. The molecule has 218 valence electrons. The number of sulfonamides is 1. The molecule has 0 unspecified atom stereocenters. The standard InChI is InChI=1S/C25H26Cl2F3N3O6S/c1-33-20-6-4-16(10-23(34)31-11-14-2-5-18(26)19(27)8-14)39-22(20)12-38-21-7-3-15(9-17(21)24(33)35)32-40(36,37)13-25(28,29)30/h2-3,5,7-9,16,20,22,32H,4,6,10-13H2,1H3,(H,31,34)/t16-,20+,22-/m1/s1. The summed E-state index contributed by atoms with van der Waals surface area (Å²) in [6, 6.07) is 8.34. The predicted molar refractivity (Wildman–Crippen MR) is 142 cm³/mol. The van der Waals surface area contributed by atoms with Crippen LogP contribution in [0.3, 0.4) is 0 Å². The van der Waals surface area contributed by atoms with Crippen LogP contribution in [-0.2, 0) is 26.1 Å². The monoisotopic (exact) mass is 623 g/mol. The van der Waals surface area contributed by atoms with E-state index in [0.717, 1.165) is 11.6 Å². The van der Waals surface area contributed by atoms with Crippen molar-refractivity contribution < 1.29 is 40.7 Å². The van der Waals surface area contributed by atoms with Crippen molar-refractivity contribution in [2.75, 3.05) is 24.1 Å². The molecule has 15 heteroatoms. The van der Waals surface area contributed by atoms with Crippen molar-refractivity contribution in [1.29, 1.82) is 0 Å². The van der Waals surface area contributed by atoms with E-state index in [1.54, 1.807) is 25.2 Å². The number of hydrogen-bond acceptors (Lipinski definition) is 6. The Morgan fingerprint density at radius 1 is 1.12 bits per heavy atom. The van der Waals surface area contributed by atoms with E-state index in [4.69, 9.17) is 32.7 Å². The number of nitrogens with zero attached hydrogens (tertiary/aromatic N) is 1. The number of amides is 2. The first kappa shape index (κ1) is 30.2. The number of nitrogens with one attached hydrogen (secondary N) is 2. The van der Waals surface area contributed by atoms with Crippen LogP contribution in [0.2, 0.25) is 10.0 Å². The summed E-state index contributed by atoms with van der Waals surface area (Å²) >= 11 is 11.9. The van der Waals surface area contributed by atoms with E-state index < -0.39 is 46.1 Å². The minimum Gasteiger partial charge on any atom is -0.490 e. The van der Waals surface area contributed by atoms with Crippen LogP contribution in [0.1, 0.15) is 35.2 Å². The maximum Gasteiger partial charge on any atom is 0.404 e. The molecule has 1 fully saturated rings. The van der Waals surface area contributed by atoms with Gasteiger partial charge in [-0.3, -0.25) is 14.3 Å². The summed E-state index contributed by atoms with van der Waals surface area (Å²) < 4.78 is 75.3. The molecule has 2 aromatic carbocycles. The van der Waals surface area contributed by atoms with Gasteiger partial charge in [0.15, 0.2) is 5.75 Å². The van der Waals surface area contributed by atoms with Crippen molar-refractivity contribution >= 4 is 50.7 Å². The van der Waals surface area contributed by atoms with Crippen LogP contribution in [0.5, 0.6) is 5.75 Å². The third kappa shape index (κ3) is 7.71. The van der Waals surface area contributed by atoms with Gasteiger partial charge in [-0.1, -0.05) is 29.3 Å². The minimum absolute atomic E-state index is 0.00281. The second kappa shape index (κ2) is 12.0. The second-order valence-electron chi connectivity index (χ2n) is 9.58. The summed E-state index contributed by atoms with van der Waals surface area (Å²) in [5, 5.41) is 3.63. The van der Waals surface area contributed by atoms with Gasteiger partial charge in [0.25, 0.3) is 5.91 Å². The second-order valence-corrected chi connectivity index (χ2v) is 12.1. The lowest BCUT2D eigenvalue weighted by Crippen LogP contribution is -2.53. The summed E-state index contributed by atoms with van der Waals surface area (Å²) in [6.07, 6.45) is -4.79. The quantitative estimate of drug-likeness (QED) is 0.473. The maximum atomic E-state index is 13.3. The first-order valence-electron chi connectivity index (χ1n) is 12.2. The lowest BCUT2D eigenvalue weighted by molar-refractivity contribution is -0.134. The highest BCUT2D eigenvalue weighted by Crippen LogP contribution is 2.33. The topological polar surface area (TPSA) is 114 Å². The molecule has 2 heterocycles. The van der Waals surface area contributed by atoms with E-state index in [1.165, 1.54) is 17.0 Å². The van der Waals surface area contributed by atoms with Crippen LogP contribution in [0, 0.1) is 0 Å². The van der Waals surface area contributed by atoms with Gasteiger partial charge in [-0.25, -0.2) is 8.42 Å². The third-order valence-electron chi connectivity index (χ3n) is 6.53. The number of benzene rings is 2. The molecule has 0 saturated carbocycles. The zero-order chi connectivity index (χ0) is 29.2. The van der Waals surface area contributed by atoms with Gasteiger partial charge in [-0.15, -0.1) is 0 Å². The average molecular weight is 624 g/mol. The molecule has 4 rings (SSSR count). The smallest absolute Gasteiger partial charge is 0.404 e. The van der Waals surface area contributed by atoms with Crippen LogP contribution in [0.4, 0.5) is 18.9 Å². The fraction of sp³-hybridized carbons (Fsp3) is 0.440. The van der Waals surface area contributed by atoms with Crippen molar-refractivity contribution in [2.24, 2.45) is 0 Å². The molecule has 9 nitrogen and oxygen atoms in total. The highest BCUT2D eigenvalue weighted by atomic mass is 35.5. The van der Waals surface area contributed by atoms with Gasteiger partial charge in [0.2, 0.25) is 15.9 Å². The lowest BCUT2D eigenvalue weighted by atomic mass is 9.94. The van der Waals surface area contributed by atoms with Crippen molar-refractivity contribution in [3.63, 3.8) is 0 Å². The average Bonchev–Trinajstić information content (AvgIpc) is 2.85. The Bertz CT molecular complexity index is 1390. The first-order valence-corrected chi connectivity index (χ1v) is 14.6. The van der Waals surface area contributed by atoms with Crippen LogP contribution < -0.4 is 14.8 Å². The van der Waals surface area contributed by atoms with E-state index in [9.17, 15) is 31.2 Å². The Morgan fingerprint density at radius 3 is 2.58 bits per heavy atom. The molecule has 2 aliphatic heterocycles. The van der Waals surface area contributed by atoms with Gasteiger partial charge < -0.3 is 19.7 Å². The highest BCUT2D eigenvalue weighted by molar-refractivity contribution is 7.92. The number of ether oxygens (including phenoxy) is 2. The van der Waals surface area contributed by atoms with E-state index >= 15 is 0 Å². The molecule has 1 saturated heterocycles. The molecule has 0 bridgehead atoms. The van der Waals surface area contributed by atoms with Crippen LogP contribution in [0.15, 0.2) is 36.4 Å².